The van der Waals surface area contributed by atoms with Crippen LogP contribution >= 0.6 is 0 Å². The molecule has 0 saturated heterocycles. The summed E-state index contributed by atoms with van der Waals surface area (Å²) in [5, 5.41) is 12.7. The number of nitrogen functional groups attached to an aromatic ring is 1. The molecule has 0 radical (unpaired) electrons. The van der Waals surface area contributed by atoms with Gasteiger partial charge in [0.25, 0.3) is 0 Å². The number of nitrogens with two attached hydrogens (primary N) is 1. The van der Waals surface area contributed by atoms with Crippen molar-refractivity contribution >= 4 is 11.8 Å². The second-order valence-electron chi connectivity index (χ2n) is 6.58. The molecule has 0 aromatic heterocycles. The smallest absolute Gasteiger partial charge is 0.407 e. The van der Waals surface area contributed by atoms with Crippen LogP contribution in [-0.2, 0) is 4.74 Å². The Labute approximate surface area is 147 Å². The average Bonchev–Trinajstić information content (AvgIpc) is 2.52. The summed E-state index contributed by atoms with van der Waals surface area (Å²) < 4.78 is 10.6. The summed E-state index contributed by atoms with van der Waals surface area (Å²) in [5.41, 5.74) is 7.62. The van der Waals surface area contributed by atoms with Gasteiger partial charge in [-0.3, -0.25) is 0 Å². The van der Waals surface area contributed by atoms with Crippen molar-refractivity contribution in [3.63, 3.8) is 0 Å². The predicted molar refractivity (Wildman–Crippen MR) is 97.7 cm³/mol. The van der Waals surface area contributed by atoms with Crippen molar-refractivity contribution in [3.05, 3.63) is 42.5 Å². The summed E-state index contributed by atoms with van der Waals surface area (Å²) in [7, 11) is 0. The van der Waals surface area contributed by atoms with Gasteiger partial charge in [0.05, 0.1) is 6.54 Å². The minimum atomic E-state index is -0.541. The molecular formula is C19H24N2O4. The maximum absolute atomic E-state index is 11.5. The Morgan fingerprint density at radius 3 is 2.36 bits per heavy atom. The van der Waals surface area contributed by atoms with Gasteiger partial charge in [0.2, 0.25) is 0 Å². The molecule has 0 aliphatic rings. The molecule has 4 N–H and O–H groups in total. The van der Waals surface area contributed by atoms with E-state index >= 15 is 0 Å². The molecule has 0 heterocycles. The molecule has 6 nitrogen and oxygen atoms in total. The minimum Gasteiger partial charge on any atom is -0.504 e. The first-order chi connectivity index (χ1) is 11.7. The van der Waals surface area contributed by atoms with Gasteiger partial charge in [-0.05, 0) is 56.2 Å². The van der Waals surface area contributed by atoms with Gasteiger partial charge >= 0.3 is 6.09 Å². The highest BCUT2D eigenvalue weighted by molar-refractivity contribution is 5.68. The van der Waals surface area contributed by atoms with Gasteiger partial charge in [-0.15, -0.1) is 0 Å². The zero-order chi connectivity index (χ0) is 18.4. The second kappa shape index (κ2) is 7.79. The van der Waals surface area contributed by atoms with Crippen LogP contribution in [0.4, 0.5) is 10.5 Å². The van der Waals surface area contributed by atoms with Crippen LogP contribution in [-0.4, -0.2) is 30.0 Å². The lowest BCUT2D eigenvalue weighted by Gasteiger charge is -2.19. The van der Waals surface area contributed by atoms with E-state index in [1.165, 1.54) is 0 Å². The van der Waals surface area contributed by atoms with Crippen molar-refractivity contribution in [2.24, 2.45) is 0 Å². The zero-order valence-corrected chi connectivity index (χ0v) is 14.7. The van der Waals surface area contributed by atoms with Crippen molar-refractivity contribution in [1.82, 2.24) is 5.32 Å². The number of alkyl carbamates (subject to hydrolysis) is 1. The SMILES string of the molecule is CC(C)(C)OC(=O)NCCOc1ccc(-c2ccc(N)cc2)cc1O. The predicted octanol–water partition coefficient (Wildman–Crippen LogP) is 3.54. The maximum atomic E-state index is 11.5. The van der Waals surface area contributed by atoms with Gasteiger partial charge in [-0.2, -0.15) is 0 Å². The quantitative estimate of drug-likeness (QED) is 0.570. The fourth-order valence-electron chi connectivity index (χ4n) is 2.12. The summed E-state index contributed by atoms with van der Waals surface area (Å²) in [5.74, 6) is 0.386. The molecule has 134 valence electrons. The number of amides is 1. The topological polar surface area (TPSA) is 93.8 Å². The normalized spacial score (nSPS) is 11.0. The molecule has 1 amide bonds. The number of hydrogen-bond donors (Lipinski definition) is 3. The molecule has 0 aliphatic carbocycles. The van der Waals surface area contributed by atoms with Crippen LogP contribution in [0.5, 0.6) is 11.5 Å². The number of benzene rings is 2. The van der Waals surface area contributed by atoms with Crippen LogP contribution in [0.25, 0.3) is 11.1 Å². The van der Waals surface area contributed by atoms with E-state index in [9.17, 15) is 9.90 Å². The summed E-state index contributed by atoms with van der Waals surface area (Å²) in [6.45, 7) is 5.87. The Hall–Kier alpha value is -2.89. The van der Waals surface area contributed by atoms with Crippen molar-refractivity contribution in [2.75, 3.05) is 18.9 Å². The van der Waals surface area contributed by atoms with Crippen LogP contribution in [0.1, 0.15) is 20.8 Å². The molecule has 2 rings (SSSR count). The number of nitrogens with one attached hydrogen (secondary N) is 1. The molecule has 0 unspecified atom stereocenters. The van der Waals surface area contributed by atoms with Gasteiger partial charge in [0.1, 0.15) is 12.2 Å². The first kappa shape index (κ1) is 18.4. The Morgan fingerprint density at radius 2 is 1.76 bits per heavy atom. The van der Waals surface area contributed by atoms with Gasteiger partial charge in [0, 0.05) is 5.69 Å². The lowest BCUT2D eigenvalue weighted by Crippen LogP contribution is -2.34. The van der Waals surface area contributed by atoms with Gasteiger partial charge in [-0.1, -0.05) is 18.2 Å². The molecule has 0 saturated carbocycles. The molecule has 0 spiro atoms. The van der Waals surface area contributed by atoms with E-state index in [2.05, 4.69) is 5.32 Å². The highest BCUT2D eigenvalue weighted by Gasteiger charge is 2.15. The molecule has 0 aliphatic heterocycles. The van der Waals surface area contributed by atoms with Crippen molar-refractivity contribution in [3.8, 4) is 22.6 Å². The fraction of sp³-hybridized carbons (Fsp3) is 0.316. The average molecular weight is 344 g/mol. The largest absolute Gasteiger partial charge is 0.504 e. The minimum absolute atomic E-state index is 0.0339. The van der Waals surface area contributed by atoms with E-state index < -0.39 is 11.7 Å². The van der Waals surface area contributed by atoms with Crippen LogP contribution in [0, 0.1) is 0 Å². The number of aromatic hydroxyl groups is 1. The number of ether oxygens (including phenoxy) is 2. The van der Waals surface area contributed by atoms with E-state index in [1.807, 2.05) is 18.2 Å². The van der Waals surface area contributed by atoms with Gasteiger partial charge in [-0.25, -0.2) is 4.79 Å². The summed E-state index contributed by atoms with van der Waals surface area (Å²) >= 11 is 0. The van der Waals surface area contributed by atoms with Crippen LogP contribution < -0.4 is 15.8 Å². The monoisotopic (exact) mass is 344 g/mol. The maximum Gasteiger partial charge on any atom is 0.407 e. The van der Waals surface area contributed by atoms with E-state index in [0.29, 0.717) is 11.4 Å². The van der Waals surface area contributed by atoms with Crippen molar-refractivity contribution < 1.29 is 19.4 Å². The highest BCUT2D eigenvalue weighted by atomic mass is 16.6. The van der Waals surface area contributed by atoms with E-state index in [0.717, 1.165) is 11.1 Å². The Balaban J connectivity index is 1.87. The fourth-order valence-corrected chi connectivity index (χ4v) is 2.12. The second-order valence-corrected chi connectivity index (χ2v) is 6.58. The molecule has 0 atom stereocenters. The number of hydrogen-bond acceptors (Lipinski definition) is 5. The zero-order valence-electron chi connectivity index (χ0n) is 14.7. The third-order valence-corrected chi connectivity index (χ3v) is 3.23. The number of carbonyl (C=O) groups excluding carboxylic acids is 1. The van der Waals surface area contributed by atoms with Crippen molar-refractivity contribution in [2.45, 2.75) is 26.4 Å². The summed E-state index contributed by atoms with van der Waals surface area (Å²) in [6, 6.07) is 12.5. The number of carbonyl (C=O) groups is 1. The third-order valence-electron chi connectivity index (χ3n) is 3.23. The first-order valence-corrected chi connectivity index (χ1v) is 8.03. The standard InChI is InChI=1S/C19H24N2O4/c1-19(2,3)25-18(23)21-10-11-24-17-9-6-14(12-16(17)22)13-4-7-15(20)8-5-13/h4-9,12,22H,10-11,20H2,1-3H3,(H,21,23). The molecule has 25 heavy (non-hydrogen) atoms. The van der Waals surface area contributed by atoms with Crippen molar-refractivity contribution in [1.29, 1.82) is 0 Å². The summed E-state index contributed by atoms with van der Waals surface area (Å²) in [6.07, 6.45) is -0.501. The first-order valence-electron chi connectivity index (χ1n) is 8.03. The van der Waals surface area contributed by atoms with Crippen LogP contribution in [0.15, 0.2) is 42.5 Å². The molecule has 0 bridgehead atoms. The Bertz CT molecular complexity index is 721. The number of phenolic OH excluding ortho intramolecular Hbond substituents is 1. The Morgan fingerprint density at radius 1 is 1.12 bits per heavy atom. The number of anilines is 1. The number of rotatable bonds is 5. The lowest BCUT2D eigenvalue weighted by atomic mass is 10.0. The van der Waals surface area contributed by atoms with Crippen LogP contribution in [0.3, 0.4) is 0 Å². The molecule has 2 aromatic rings. The number of phenols is 1. The van der Waals surface area contributed by atoms with Gasteiger partial charge in [0.15, 0.2) is 11.5 Å². The third kappa shape index (κ3) is 5.91. The molecule has 0 fully saturated rings. The molecule has 2 aromatic carbocycles. The Kier molecular flexibility index (Phi) is 5.75. The highest BCUT2D eigenvalue weighted by Crippen LogP contribution is 2.31. The van der Waals surface area contributed by atoms with E-state index in [1.54, 1.807) is 45.0 Å². The lowest BCUT2D eigenvalue weighted by molar-refractivity contribution is 0.0520. The van der Waals surface area contributed by atoms with Crippen LogP contribution in [0.2, 0.25) is 0 Å². The molecular weight excluding hydrogens is 320 g/mol. The molecule has 6 heteroatoms. The van der Waals surface area contributed by atoms with Gasteiger partial charge < -0.3 is 25.6 Å². The van der Waals surface area contributed by atoms with E-state index in [4.69, 9.17) is 15.2 Å². The van der Waals surface area contributed by atoms with E-state index in [-0.39, 0.29) is 18.9 Å². The summed E-state index contributed by atoms with van der Waals surface area (Å²) in [4.78, 5) is 11.5.